The van der Waals surface area contributed by atoms with Crippen molar-refractivity contribution in [3.63, 3.8) is 0 Å². The number of likely N-dealkylation sites (N-methyl/N-ethyl adjacent to an activating group) is 1. The third kappa shape index (κ3) is 3.11. The molecule has 0 fully saturated rings. The molecule has 2 aromatic rings. The summed E-state index contributed by atoms with van der Waals surface area (Å²) in [5, 5.41) is 0. The van der Waals surface area contributed by atoms with E-state index in [-0.39, 0.29) is 6.04 Å². The van der Waals surface area contributed by atoms with Crippen LogP contribution >= 0.6 is 0 Å². The molecule has 0 aliphatic rings. The summed E-state index contributed by atoms with van der Waals surface area (Å²) in [5.41, 5.74) is 9.61. The molecule has 0 spiro atoms. The lowest BCUT2D eigenvalue weighted by atomic mass is 10.0. The van der Waals surface area contributed by atoms with Gasteiger partial charge in [-0.3, -0.25) is 0 Å². The van der Waals surface area contributed by atoms with Crippen LogP contribution in [0.15, 0.2) is 48.5 Å². The fraction of sp³-hybridized carbons (Fsp3) is 0.294. The van der Waals surface area contributed by atoms with Crippen molar-refractivity contribution in [3.8, 4) is 5.75 Å². The standard InChI is InChI=1S/C17H22N2O/c1-13-5-4-6-14(11-13)17(12-18)19(2)15-7-9-16(20-3)10-8-15/h4-11,17H,12,18H2,1-3H3. The Morgan fingerprint density at radius 1 is 1.15 bits per heavy atom. The molecule has 2 N–H and O–H groups in total. The number of rotatable bonds is 5. The summed E-state index contributed by atoms with van der Waals surface area (Å²) in [6.07, 6.45) is 0. The predicted octanol–water partition coefficient (Wildman–Crippen LogP) is 3.14. The van der Waals surface area contributed by atoms with E-state index >= 15 is 0 Å². The molecule has 2 aromatic carbocycles. The largest absolute Gasteiger partial charge is 0.497 e. The van der Waals surface area contributed by atoms with Crippen molar-refractivity contribution in [3.05, 3.63) is 59.7 Å². The van der Waals surface area contributed by atoms with E-state index in [1.165, 1.54) is 11.1 Å². The van der Waals surface area contributed by atoms with Crippen LogP contribution in [-0.4, -0.2) is 20.7 Å². The number of benzene rings is 2. The van der Waals surface area contributed by atoms with Gasteiger partial charge < -0.3 is 15.4 Å². The molecule has 106 valence electrons. The maximum atomic E-state index is 5.98. The third-order valence-electron chi connectivity index (χ3n) is 3.60. The molecule has 1 atom stereocenters. The van der Waals surface area contributed by atoms with Crippen molar-refractivity contribution in [2.45, 2.75) is 13.0 Å². The van der Waals surface area contributed by atoms with Crippen LogP contribution in [0.2, 0.25) is 0 Å². The van der Waals surface area contributed by atoms with E-state index in [0.717, 1.165) is 11.4 Å². The molecule has 0 aliphatic carbocycles. The lowest BCUT2D eigenvalue weighted by molar-refractivity contribution is 0.415. The SMILES string of the molecule is COc1ccc(N(C)C(CN)c2cccc(C)c2)cc1. The Bertz CT molecular complexity index is 551. The number of hydrogen-bond donors (Lipinski definition) is 1. The predicted molar refractivity (Wildman–Crippen MR) is 84.4 cm³/mol. The van der Waals surface area contributed by atoms with Crippen LogP contribution in [0.25, 0.3) is 0 Å². The highest BCUT2D eigenvalue weighted by molar-refractivity contribution is 5.50. The summed E-state index contributed by atoms with van der Waals surface area (Å²) in [4.78, 5) is 2.20. The Labute approximate surface area is 121 Å². The molecule has 20 heavy (non-hydrogen) atoms. The summed E-state index contributed by atoms with van der Waals surface area (Å²) < 4.78 is 5.19. The first-order valence-corrected chi connectivity index (χ1v) is 6.79. The lowest BCUT2D eigenvalue weighted by Crippen LogP contribution is -2.30. The number of nitrogens with two attached hydrogens (primary N) is 1. The van der Waals surface area contributed by atoms with Gasteiger partial charge in [-0.25, -0.2) is 0 Å². The topological polar surface area (TPSA) is 38.5 Å². The van der Waals surface area contributed by atoms with E-state index < -0.39 is 0 Å². The van der Waals surface area contributed by atoms with Gasteiger partial charge in [0.15, 0.2) is 0 Å². The molecule has 2 rings (SSSR count). The zero-order chi connectivity index (χ0) is 14.5. The van der Waals surface area contributed by atoms with Gasteiger partial charge in [0.2, 0.25) is 0 Å². The molecule has 0 saturated carbocycles. The molecular formula is C17H22N2O. The van der Waals surface area contributed by atoms with Crippen molar-refractivity contribution >= 4 is 5.69 Å². The first-order valence-electron chi connectivity index (χ1n) is 6.79. The van der Waals surface area contributed by atoms with E-state index in [0.29, 0.717) is 6.54 Å². The van der Waals surface area contributed by atoms with Crippen LogP contribution in [0.5, 0.6) is 5.75 Å². The molecule has 3 heteroatoms. The monoisotopic (exact) mass is 270 g/mol. The number of methoxy groups -OCH3 is 1. The summed E-state index contributed by atoms with van der Waals surface area (Å²) >= 11 is 0. The molecular weight excluding hydrogens is 248 g/mol. The molecule has 0 amide bonds. The Hall–Kier alpha value is -2.00. The normalized spacial score (nSPS) is 12.0. The molecule has 0 aliphatic heterocycles. The van der Waals surface area contributed by atoms with Crippen LogP contribution in [0, 0.1) is 6.92 Å². The maximum absolute atomic E-state index is 5.98. The third-order valence-corrected chi connectivity index (χ3v) is 3.60. The first kappa shape index (κ1) is 14.4. The maximum Gasteiger partial charge on any atom is 0.119 e. The van der Waals surface area contributed by atoms with Gasteiger partial charge in [-0.15, -0.1) is 0 Å². The van der Waals surface area contributed by atoms with Gasteiger partial charge >= 0.3 is 0 Å². The van der Waals surface area contributed by atoms with Crippen molar-refractivity contribution in [2.24, 2.45) is 5.73 Å². The molecule has 0 saturated heterocycles. The van der Waals surface area contributed by atoms with Gasteiger partial charge in [0.25, 0.3) is 0 Å². The Balaban J connectivity index is 2.26. The van der Waals surface area contributed by atoms with Crippen molar-refractivity contribution in [1.82, 2.24) is 0 Å². The molecule has 3 nitrogen and oxygen atoms in total. The smallest absolute Gasteiger partial charge is 0.119 e. The van der Waals surface area contributed by atoms with Crippen LogP contribution < -0.4 is 15.4 Å². The summed E-state index contributed by atoms with van der Waals surface area (Å²) in [6.45, 7) is 2.68. The van der Waals surface area contributed by atoms with Gasteiger partial charge in [0, 0.05) is 19.3 Å². The van der Waals surface area contributed by atoms with Crippen LogP contribution in [0.4, 0.5) is 5.69 Å². The van der Waals surface area contributed by atoms with Crippen molar-refractivity contribution < 1.29 is 4.74 Å². The number of hydrogen-bond acceptors (Lipinski definition) is 3. The van der Waals surface area contributed by atoms with Crippen molar-refractivity contribution in [1.29, 1.82) is 0 Å². The van der Waals surface area contributed by atoms with E-state index in [1.54, 1.807) is 7.11 Å². The second kappa shape index (κ2) is 6.44. The van der Waals surface area contributed by atoms with Gasteiger partial charge in [-0.1, -0.05) is 29.8 Å². The quantitative estimate of drug-likeness (QED) is 0.907. The zero-order valence-electron chi connectivity index (χ0n) is 12.3. The summed E-state index contributed by atoms with van der Waals surface area (Å²) in [5.74, 6) is 0.863. The van der Waals surface area contributed by atoms with Crippen molar-refractivity contribution in [2.75, 3.05) is 25.6 Å². The number of aryl methyl sites for hydroxylation is 1. The minimum atomic E-state index is 0.170. The second-order valence-corrected chi connectivity index (χ2v) is 4.97. The average Bonchev–Trinajstić information content (AvgIpc) is 2.48. The zero-order valence-corrected chi connectivity index (χ0v) is 12.3. The van der Waals surface area contributed by atoms with Crippen LogP contribution in [0.1, 0.15) is 17.2 Å². The highest BCUT2D eigenvalue weighted by Crippen LogP contribution is 2.26. The Morgan fingerprint density at radius 2 is 1.85 bits per heavy atom. The molecule has 0 heterocycles. The molecule has 1 unspecified atom stereocenters. The van der Waals surface area contributed by atoms with E-state index in [2.05, 4.69) is 55.3 Å². The molecule has 0 aromatic heterocycles. The lowest BCUT2D eigenvalue weighted by Gasteiger charge is -2.30. The molecule has 0 bridgehead atoms. The fourth-order valence-corrected chi connectivity index (χ4v) is 2.39. The van der Waals surface area contributed by atoms with Gasteiger partial charge in [0.1, 0.15) is 5.75 Å². The van der Waals surface area contributed by atoms with Crippen LogP contribution in [-0.2, 0) is 0 Å². The Kier molecular flexibility index (Phi) is 4.64. The highest BCUT2D eigenvalue weighted by atomic mass is 16.5. The number of nitrogens with zero attached hydrogens (tertiary/aromatic N) is 1. The fourth-order valence-electron chi connectivity index (χ4n) is 2.39. The highest BCUT2D eigenvalue weighted by Gasteiger charge is 2.16. The number of anilines is 1. The van der Waals surface area contributed by atoms with Gasteiger partial charge in [-0.2, -0.15) is 0 Å². The Morgan fingerprint density at radius 3 is 2.40 bits per heavy atom. The van der Waals surface area contributed by atoms with E-state index in [4.69, 9.17) is 10.5 Å². The minimum absolute atomic E-state index is 0.170. The average molecular weight is 270 g/mol. The molecule has 0 radical (unpaired) electrons. The van der Waals surface area contributed by atoms with Crippen LogP contribution in [0.3, 0.4) is 0 Å². The van der Waals surface area contributed by atoms with Gasteiger partial charge in [0.05, 0.1) is 13.2 Å². The minimum Gasteiger partial charge on any atom is -0.497 e. The summed E-state index contributed by atoms with van der Waals surface area (Å²) in [7, 11) is 3.75. The summed E-state index contributed by atoms with van der Waals surface area (Å²) in [6, 6.07) is 16.7. The van der Waals surface area contributed by atoms with E-state index in [1.807, 2.05) is 12.1 Å². The second-order valence-electron chi connectivity index (χ2n) is 4.97. The van der Waals surface area contributed by atoms with E-state index in [9.17, 15) is 0 Å². The number of ether oxygens (including phenoxy) is 1. The van der Waals surface area contributed by atoms with Gasteiger partial charge in [-0.05, 0) is 36.8 Å². The first-order chi connectivity index (χ1) is 9.65.